The van der Waals surface area contributed by atoms with E-state index in [4.69, 9.17) is 5.26 Å². The first kappa shape index (κ1) is 8.33. The quantitative estimate of drug-likeness (QED) is 0.551. The van der Waals surface area contributed by atoms with E-state index in [0.29, 0.717) is 0 Å². The van der Waals surface area contributed by atoms with Gasteiger partial charge in [-0.2, -0.15) is 0 Å². The minimum absolute atomic E-state index is 0.176. The van der Waals surface area contributed by atoms with Crippen molar-refractivity contribution in [3.8, 4) is 4.97 Å². The number of nitrogens with zero attached hydrogens (tertiary/aromatic N) is 1. The van der Waals surface area contributed by atoms with E-state index in [-0.39, 0.29) is 15.0 Å². The average molecular weight is 210 g/mol. The van der Waals surface area contributed by atoms with Crippen LogP contribution in [0.15, 0.2) is 30.3 Å². The summed E-state index contributed by atoms with van der Waals surface area (Å²) in [5.41, 5.74) is 1.34. The molecule has 0 spiro atoms. The molecular formula is C9H9NSe. The first-order chi connectivity index (χ1) is 5.43. The van der Waals surface area contributed by atoms with Crippen LogP contribution in [0.25, 0.3) is 0 Å². The third-order valence-corrected chi connectivity index (χ3v) is 2.53. The van der Waals surface area contributed by atoms with Gasteiger partial charge in [-0.1, -0.05) is 0 Å². The molecule has 0 N–H and O–H groups in total. The summed E-state index contributed by atoms with van der Waals surface area (Å²) in [6, 6.07) is 10.3. The van der Waals surface area contributed by atoms with Gasteiger partial charge < -0.3 is 0 Å². The van der Waals surface area contributed by atoms with Crippen molar-refractivity contribution in [1.82, 2.24) is 0 Å². The zero-order chi connectivity index (χ0) is 7.94. The van der Waals surface area contributed by atoms with E-state index in [1.807, 2.05) is 18.2 Å². The molecule has 2 heteroatoms. The molecule has 11 heavy (non-hydrogen) atoms. The van der Waals surface area contributed by atoms with Gasteiger partial charge in [-0.25, -0.2) is 0 Å². The minimum atomic E-state index is 0.176. The molecule has 0 atom stereocenters. The summed E-state index contributed by atoms with van der Waals surface area (Å²) in [7, 11) is 0. The number of benzene rings is 1. The normalized spacial score (nSPS) is 9.00. The number of aryl methyl sites for hydroxylation is 1. The standard InChI is InChI=1S/C9H9NSe/c10-8-11-7-6-9-4-2-1-3-5-9/h1-5H,6-7H2. The molecule has 0 aromatic heterocycles. The van der Waals surface area contributed by atoms with Gasteiger partial charge in [-0.3, -0.25) is 0 Å². The molecular weight excluding hydrogens is 201 g/mol. The van der Waals surface area contributed by atoms with Gasteiger partial charge >= 0.3 is 72.8 Å². The number of rotatable bonds is 3. The second-order valence-electron chi connectivity index (χ2n) is 2.18. The molecule has 0 unspecified atom stereocenters. The molecule has 0 fully saturated rings. The Balaban J connectivity index is 2.35. The van der Waals surface area contributed by atoms with Crippen LogP contribution < -0.4 is 0 Å². The van der Waals surface area contributed by atoms with Gasteiger partial charge in [0.1, 0.15) is 0 Å². The number of hydrogen-bond donors (Lipinski definition) is 0. The molecule has 1 aromatic rings. The molecule has 1 nitrogen and oxygen atoms in total. The fraction of sp³-hybridized carbons (Fsp3) is 0.222. The Morgan fingerprint density at radius 3 is 2.64 bits per heavy atom. The number of hydrogen-bond acceptors (Lipinski definition) is 1. The maximum atomic E-state index is 8.32. The van der Waals surface area contributed by atoms with E-state index in [0.717, 1.165) is 11.7 Å². The van der Waals surface area contributed by atoms with Crippen molar-refractivity contribution < 1.29 is 0 Å². The van der Waals surface area contributed by atoms with E-state index < -0.39 is 0 Å². The second-order valence-corrected chi connectivity index (χ2v) is 4.02. The van der Waals surface area contributed by atoms with Crippen LogP contribution in [0.2, 0.25) is 5.32 Å². The Labute approximate surface area is 73.2 Å². The van der Waals surface area contributed by atoms with Gasteiger partial charge in [0, 0.05) is 0 Å². The van der Waals surface area contributed by atoms with Crippen LogP contribution in [0.1, 0.15) is 5.56 Å². The van der Waals surface area contributed by atoms with Crippen molar-refractivity contribution in [3.63, 3.8) is 0 Å². The van der Waals surface area contributed by atoms with Crippen molar-refractivity contribution in [2.45, 2.75) is 11.7 Å². The van der Waals surface area contributed by atoms with Crippen molar-refractivity contribution in [1.29, 1.82) is 5.26 Å². The third-order valence-electron chi connectivity index (χ3n) is 1.40. The van der Waals surface area contributed by atoms with Crippen LogP contribution in [-0.2, 0) is 6.42 Å². The monoisotopic (exact) mass is 211 g/mol. The van der Waals surface area contributed by atoms with Gasteiger partial charge in [-0.15, -0.1) is 0 Å². The van der Waals surface area contributed by atoms with Crippen LogP contribution in [0.3, 0.4) is 0 Å². The van der Waals surface area contributed by atoms with Gasteiger partial charge in [0.25, 0.3) is 0 Å². The SMILES string of the molecule is N#C[Se]CCc1ccccc1. The van der Waals surface area contributed by atoms with Crippen LogP contribution in [0.4, 0.5) is 0 Å². The Hall–Kier alpha value is -0.771. The van der Waals surface area contributed by atoms with E-state index in [9.17, 15) is 0 Å². The molecule has 1 rings (SSSR count). The Bertz CT molecular complexity index is 237. The van der Waals surface area contributed by atoms with Gasteiger partial charge in [0.05, 0.1) is 0 Å². The maximum absolute atomic E-state index is 8.32. The Kier molecular flexibility index (Phi) is 3.75. The van der Waals surface area contributed by atoms with E-state index >= 15 is 0 Å². The van der Waals surface area contributed by atoms with Crippen LogP contribution in [0.5, 0.6) is 0 Å². The van der Waals surface area contributed by atoms with Gasteiger partial charge in [-0.05, 0) is 0 Å². The molecule has 0 saturated carbocycles. The molecule has 1 aromatic carbocycles. The zero-order valence-corrected chi connectivity index (χ0v) is 7.87. The summed E-state index contributed by atoms with van der Waals surface area (Å²) in [6.07, 6.45) is 1.05. The second kappa shape index (κ2) is 4.96. The van der Waals surface area contributed by atoms with Crippen molar-refractivity contribution in [2.24, 2.45) is 0 Å². The Morgan fingerprint density at radius 1 is 1.27 bits per heavy atom. The average Bonchev–Trinajstić information content (AvgIpc) is 2.07. The van der Waals surface area contributed by atoms with E-state index in [2.05, 4.69) is 17.1 Å². The summed E-state index contributed by atoms with van der Waals surface area (Å²) in [5.74, 6) is 0. The molecule has 0 bridgehead atoms. The van der Waals surface area contributed by atoms with Crippen LogP contribution in [0, 0.1) is 10.2 Å². The topological polar surface area (TPSA) is 23.8 Å². The predicted octanol–water partition coefficient (Wildman–Crippen LogP) is 1.83. The van der Waals surface area contributed by atoms with Gasteiger partial charge in [0.15, 0.2) is 0 Å². The summed E-state index contributed by atoms with van der Waals surface area (Å²) >= 11 is 0.176. The van der Waals surface area contributed by atoms with Gasteiger partial charge in [0.2, 0.25) is 0 Å². The first-order valence-electron chi connectivity index (χ1n) is 3.48. The summed E-state index contributed by atoms with van der Waals surface area (Å²) in [5, 5.41) is 9.36. The molecule has 0 aliphatic carbocycles. The number of nitriles is 1. The fourth-order valence-corrected chi connectivity index (χ4v) is 1.76. The predicted molar refractivity (Wildman–Crippen MR) is 46.3 cm³/mol. The zero-order valence-electron chi connectivity index (χ0n) is 6.16. The first-order valence-corrected chi connectivity index (χ1v) is 5.55. The Morgan fingerprint density at radius 2 is 2.00 bits per heavy atom. The van der Waals surface area contributed by atoms with Crippen molar-refractivity contribution in [3.05, 3.63) is 35.9 Å². The van der Waals surface area contributed by atoms with E-state index in [1.54, 1.807) is 0 Å². The fourth-order valence-electron chi connectivity index (χ4n) is 0.859. The molecule has 0 radical (unpaired) electrons. The molecule has 0 saturated heterocycles. The summed E-state index contributed by atoms with van der Waals surface area (Å²) < 4.78 is 0. The van der Waals surface area contributed by atoms with Crippen molar-refractivity contribution >= 4 is 15.0 Å². The molecule has 0 aliphatic rings. The molecule has 0 amide bonds. The van der Waals surface area contributed by atoms with E-state index in [1.165, 1.54) is 5.56 Å². The summed E-state index contributed by atoms with van der Waals surface area (Å²) in [6.45, 7) is 0. The molecule has 0 heterocycles. The molecule has 56 valence electrons. The third kappa shape index (κ3) is 3.23. The van der Waals surface area contributed by atoms with Crippen LogP contribution in [-0.4, -0.2) is 15.0 Å². The van der Waals surface area contributed by atoms with Crippen LogP contribution >= 0.6 is 0 Å². The van der Waals surface area contributed by atoms with Crippen molar-refractivity contribution in [2.75, 3.05) is 0 Å². The summed E-state index contributed by atoms with van der Waals surface area (Å²) in [4.78, 5) is 2.20. The molecule has 0 aliphatic heterocycles.